The number of nitrogens with zero attached hydrogens (tertiary/aromatic N) is 3. The van der Waals surface area contributed by atoms with Crippen molar-refractivity contribution >= 4 is 34.4 Å². The van der Waals surface area contributed by atoms with Crippen LogP contribution >= 0.6 is 11.3 Å². The van der Waals surface area contributed by atoms with E-state index in [0.717, 1.165) is 28.8 Å². The molecule has 9 heteroatoms. The van der Waals surface area contributed by atoms with Crippen molar-refractivity contribution in [2.45, 2.75) is 38.2 Å². The molecule has 2 aliphatic rings. The van der Waals surface area contributed by atoms with Gasteiger partial charge in [-0.15, -0.1) is 11.3 Å². The second-order valence-electron chi connectivity index (χ2n) is 8.36. The minimum Gasteiger partial charge on any atom is -0.449 e. The number of likely N-dealkylation sites (tertiary alicyclic amines) is 1. The van der Waals surface area contributed by atoms with Crippen LogP contribution in [-0.4, -0.2) is 52.8 Å². The Hall–Kier alpha value is -3.22. The van der Waals surface area contributed by atoms with Gasteiger partial charge in [-0.2, -0.15) is 5.26 Å². The molecule has 1 fully saturated rings. The number of β-amino-alcohol motifs (C(OH)–C–C–N with tert-alkyl or cyclic N) is 1. The van der Waals surface area contributed by atoms with E-state index in [9.17, 15) is 20.0 Å². The quantitative estimate of drug-likeness (QED) is 0.653. The molecule has 3 heterocycles. The van der Waals surface area contributed by atoms with Crippen molar-refractivity contribution in [3.63, 3.8) is 0 Å². The second-order valence-corrected chi connectivity index (χ2v) is 9.46. The van der Waals surface area contributed by atoms with Crippen LogP contribution in [0, 0.1) is 17.2 Å². The fraction of sp³-hybridized carbons (Fsp3) is 0.417. The van der Waals surface area contributed by atoms with E-state index in [4.69, 9.17) is 4.74 Å². The van der Waals surface area contributed by atoms with Gasteiger partial charge in [0.1, 0.15) is 11.1 Å². The summed E-state index contributed by atoms with van der Waals surface area (Å²) >= 11 is 1.42. The number of hydrogen-bond acceptors (Lipinski definition) is 7. The van der Waals surface area contributed by atoms with E-state index in [0.29, 0.717) is 49.5 Å². The Morgan fingerprint density at radius 1 is 1.42 bits per heavy atom. The van der Waals surface area contributed by atoms with Crippen LogP contribution in [0.25, 0.3) is 6.08 Å². The smallest absolute Gasteiger partial charge is 0.409 e. The summed E-state index contributed by atoms with van der Waals surface area (Å²) in [7, 11) is 0. The third-order valence-corrected chi connectivity index (χ3v) is 7.09. The Kier molecular flexibility index (Phi) is 7.37. The average molecular weight is 467 g/mol. The van der Waals surface area contributed by atoms with Gasteiger partial charge in [0.05, 0.1) is 18.3 Å². The third-order valence-electron chi connectivity index (χ3n) is 5.92. The summed E-state index contributed by atoms with van der Waals surface area (Å²) in [4.78, 5) is 31.3. The van der Waals surface area contributed by atoms with E-state index >= 15 is 0 Å². The van der Waals surface area contributed by atoms with Crippen LogP contribution in [0.15, 0.2) is 30.6 Å². The Bertz CT molecular complexity index is 1080. The number of amides is 2. The van der Waals surface area contributed by atoms with Crippen LogP contribution < -0.4 is 5.32 Å². The minimum absolute atomic E-state index is 0.162. The molecule has 172 valence electrons. The van der Waals surface area contributed by atoms with Crippen LogP contribution in [0.4, 0.5) is 9.80 Å². The Morgan fingerprint density at radius 3 is 3.06 bits per heavy atom. The zero-order chi connectivity index (χ0) is 23.2. The number of piperidine rings is 1. The molecule has 0 spiro atoms. The number of aromatic nitrogens is 1. The molecular formula is C24H26N4O4S. The van der Waals surface area contributed by atoms with E-state index in [1.807, 2.05) is 6.07 Å². The molecule has 0 radical (unpaired) electrons. The van der Waals surface area contributed by atoms with E-state index in [-0.39, 0.29) is 17.9 Å². The van der Waals surface area contributed by atoms with Gasteiger partial charge in [0.25, 0.3) is 0 Å². The number of anilines is 1. The second kappa shape index (κ2) is 10.6. The molecule has 2 N–H and O–H groups in total. The van der Waals surface area contributed by atoms with Gasteiger partial charge >= 0.3 is 6.09 Å². The molecule has 0 saturated carbocycles. The molecule has 0 bridgehead atoms. The summed E-state index contributed by atoms with van der Waals surface area (Å²) in [5, 5.41) is 22.8. The van der Waals surface area contributed by atoms with E-state index in [1.54, 1.807) is 29.4 Å². The van der Waals surface area contributed by atoms with Crippen LogP contribution in [0.5, 0.6) is 0 Å². The lowest BCUT2D eigenvalue weighted by atomic mass is 9.88. The lowest BCUT2D eigenvalue weighted by molar-refractivity contribution is -0.111. The number of carbonyl (C=O) groups excluding carboxylic acids is 2. The third kappa shape index (κ3) is 5.78. The molecule has 2 atom stereocenters. The Balaban J connectivity index is 1.35. The summed E-state index contributed by atoms with van der Waals surface area (Å²) < 4.78 is 5.52. The maximum Gasteiger partial charge on any atom is 0.409 e. The number of aliphatic hydroxyl groups is 1. The maximum atomic E-state index is 12.4. The van der Waals surface area contributed by atoms with Crippen LogP contribution in [0.1, 0.15) is 40.8 Å². The highest BCUT2D eigenvalue weighted by Gasteiger charge is 2.28. The van der Waals surface area contributed by atoms with Crippen molar-refractivity contribution in [1.29, 1.82) is 5.26 Å². The predicted octanol–water partition coefficient (Wildman–Crippen LogP) is 3.36. The molecule has 0 aromatic carbocycles. The van der Waals surface area contributed by atoms with Gasteiger partial charge in [-0.05, 0) is 61.3 Å². The number of carbonyl (C=O) groups is 2. The summed E-state index contributed by atoms with van der Waals surface area (Å²) in [6, 6.07) is 5.88. The molecule has 1 aliphatic heterocycles. The molecule has 2 aromatic heterocycles. The highest BCUT2D eigenvalue weighted by molar-refractivity contribution is 7.16. The number of nitrogens with one attached hydrogen (secondary N) is 1. The largest absolute Gasteiger partial charge is 0.449 e. The van der Waals surface area contributed by atoms with Crippen LogP contribution in [-0.2, 0) is 22.4 Å². The van der Waals surface area contributed by atoms with Crippen molar-refractivity contribution in [3.05, 3.63) is 52.2 Å². The van der Waals surface area contributed by atoms with Crippen molar-refractivity contribution < 1.29 is 19.4 Å². The van der Waals surface area contributed by atoms with E-state index in [1.165, 1.54) is 17.4 Å². The number of nitriles is 1. The highest BCUT2D eigenvalue weighted by atomic mass is 32.1. The lowest BCUT2D eigenvalue weighted by Crippen LogP contribution is -2.42. The monoisotopic (exact) mass is 466 g/mol. The summed E-state index contributed by atoms with van der Waals surface area (Å²) in [5.74, 6) is -0.140. The molecule has 33 heavy (non-hydrogen) atoms. The van der Waals surface area contributed by atoms with Gasteiger partial charge in [-0.1, -0.05) is 6.07 Å². The number of thiophene rings is 1. The molecule has 1 saturated heterocycles. The number of ether oxygens (including phenoxy) is 1. The summed E-state index contributed by atoms with van der Waals surface area (Å²) in [5.41, 5.74) is 2.32. The predicted molar refractivity (Wildman–Crippen MR) is 125 cm³/mol. The number of hydrogen-bond donors (Lipinski definition) is 2. The zero-order valence-electron chi connectivity index (χ0n) is 18.2. The van der Waals surface area contributed by atoms with Gasteiger partial charge in [-0.25, -0.2) is 4.79 Å². The summed E-state index contributed by atoms with van der Waals surface area (Å²) in [6.07, 6.45) is 9.28. The van der Waals surface area contributed by atoms with Gasteiger partial charge in [0.2, 0.25) is 5.91 Å². The summed E-state index contributed by atoms with van der Waals surface area (Å²) in [6.45, 7) is 1.24. The molecule has 8 nitrogen and oxygen atoms in total. The van der Waals surface area contributed by atoms with E-state index < -0.39 is 6.10 Å². The first-order valence-electron chi connectivity index (χ1n) is 11.1. The standard InChI is InChI=1S/C24H26N4O4S/c25-12-20-19-7-5-17(15-32-24(31)28-10-2-4-18(29)14-28)11-21(19)33-23(20)27-22(30)8-6-16-3-1-9-26-13-16/h1,3,6,8-9,13,17-18,29H,2,4-5,7,10-11,14-15H2,(H,27,30)/b8-6+/t17-,18+/m0/s1. The van der Waals surface area contributed by atoms with Crippen LogP contribution in [0.2, 0.25) is 0 Å². The van der Waals surface area contributed by atoms with Gasteiger partial charge in [0.15, 0.2) is 0 Å². The zero-order valence-corrected chi connectivity index (χ0v) is 19.0. The van der Waals surface area contributed by atoms with E-state index in [2.05, 4.69) is 16.4 Å². The fourth-order valence-electron chi connectivity index (χ4n) is 4.20. The Labute approximate surface area is 196 Å². The first-order chi connectivity index (χ1) is 16.0. The highest BCUT2D eigenvalue weighted by Crippen LogP contribution is 2.39. The Morgan fingerprint density at radius 2 is 2.30 bits per heavy atom. The number of pyridine rings is 1. The van der Waals surface area contributed by atoms with Gasteiger partial charge in [-0.3, -0.25) is 9.78 Å². The van der Waals surface area contributed by atoms with Crippen molar-refractivity contribution in [3.8, 4) is 6.07 Å². The fourth-order valence-corrected chi connectivity index (χ4v) is 5.52. The minimum atomic E-state index is -0.480. The lowest BCUT2D eigenvalue weighted by Gasteiger charge is -2.30. The number of aliphatic hydroxyl groups excluding tert-OH is 1. The molecule has 2 aromatic rings. The van der Waals surface area contributed by atoms with Crippen LogP contribution in [0.3, 0.4) is 0 Å². The number of fused-ring (bicyclic) bond motifs is 1. The molecule has 4 rings (SSSR count). The first kappa shape index (κ1) is 23.0. The normalized spacial score (nSPS) is 20.2. The topological polar surface area (TPSA) is 116 Å². The van der Waals surface area contributed by atoms with Crippen molar-refractivity contribution in [2.75, 3.05) is 25.0 Å². The first-order valence-corrected chi connectivity index (χ1v) is 11.9. The van der Waals surface area contributed by atoms with Gasteiger partial charge in [0, 0.05) is 36.4 Å². The van der Waals surface area contributed by atoms with Crippen molar-refractivity contribution in [1.82, 2.24) is 9.88 Å². The molecular weight excluding hydrogens is 440 g/mol. The van der Waals surface area contributed by atoms with Crippen molar-refractivity contribution in [2.24, 2.45) is 5.92 Å². The molecule has 1 aliphatic carbocycles. The SMILES string of the molecule is N#Cc1c(NC(=O)/C=C/c2cccnc2)sc2c1CC[C@H](COC(=O)N1CCC[C@@H](O)C1)C2. The molecule has 2 amide bonds. The average Bonchev–Trinajstić information content (AvgIpc) is 3.17. The van der Waals surface area contributed by atoms with Gasteiger partial charge < -0.3 is 20.1 Å². The maximum absolute atomic E-state index is 12.4. The molecule has 0 unspecified atom stereocenters. The number of rotatable bonds is 5.